The van der Waals surface area contributed by atoms with Gasteiger partial charge in [0.05, 0.1) is 19.3 Å². The molecule has 138 valence electrons. The van der Waals surface area contributed by atoms with E-state index in [0.717, 1.165) is 12.0 Å². The van der Waals surface area contributed by atoms with Gasteiger partial charge in [-0.1, -0.05) is 12.1 Å². The van der Waals surface area contributed by atoms with Gasteiger partial charge in [-0.15, -0.1) is 0 Å². The van der Waals surface area contributed by atoms with Crippen molar-refractivity contribution >= 4 is 5.91 Å². The highest BCUT2D eigenvalue weighted by molar-refractivity contribution is 5.85. The molecular formula is C21H26N2O3. The van der Waals surface area contributed by atoms with E-state index in [2.05, 4.69) is 10.3 Å². The Kier molecular flexibility index (Phi) is 5.57. The summed E-state index contributed by atoms with van der Waals surface area (Å²) in [5.41, 5.74) is 1.34. The minimum atomic E-state index is -0.961. The number of hydrogen-bond donors (Lipinski definition) is 1. The largest absolute Gasteiger partial charge is 0.478 e. The minimum Gasteiger partial charge on any atom is -0.478 e. The highest BCUT2D eigenvalue weighted by Gasteiger charge is 2.36. The Morgan fingerprint density at radius 2 is 2.04 bits per heavy atom. The van der Waals surface area contributed by atoms with Crippen molar-refractivity contribution in [1.29, 1.82) is 0 Å². The van der Waals surface area contributed by atoms with Crippen LogP contribution in [0.4, 0.5) is 0 Å². The van der Waals surface area contributed by atoms with Crippen molar-refractivity contribution in [3.8, 4) is 5.75 Å². The lowest BCUT2D eigenvalue weighted by molar-refractivity contribution is -0.135. The Bertz CT molecular complexity index is 746. The first-order valence-electron chi connectivity index (χ1n) is 8.97. The van der Waals surface area contributed by atoms with Crippen LogP contribution in [0.5, 0.6) is 5.75 Å². The minimum absolute atomic E-state index is 0.0175. The molecule has 0 unspecified atom stereocenters. The molecule has 1 saturated heterocycles. The molecule has 0 spiro atoms. The van der Waals surface area contributed by atoms with E-state index in [4.69, 9.17) is 9.47 Å². The Labute approximate surface area is 154 Å². The van der Waals surface area contributed by atoms with Gasteiger partial charge in [0, 0.05) is 18.3 Å². The zero-order chi connectivity index (χ0) is 18.6. The van der Waals surface area contributed by atoms with Crippen molar-refractivity contribution in [2.75, 3.05) is 13.2 Å². The van der Waals surface area contributed by atoms with Crippen LogP contribution < -0.4 is 10.1 Å². The Balaban J connectivity index is 1.62. The summed E-state index contributed by atoms with van der Waals surface area (Å²) in [5, 5.41) is 3.12. The number of amides is 1. The Morgan fingerprint density at radius 1 is 1.27 bits per heavy atom. The quantitative estimate of drug-likeness (QED) is 0.866. The fourth-order valence-electron chi connectivity index (χ4n) is 3.14. The van der Waals surface area contributed by atoms with Gasteiger partial charge in [0.1, 0.15) is 5.75 Å². The highest BCUT2D eigenvalue weighted by Crippen LogP contribution is 2.22. The molecule has 1 aromatic carbocycles. The van der Waals surface area contributed by atoms with E-state index in [1.54, 1.807) is 26.2 Å². The average Bonchev–Trinajstić information content (AvgIpc) is 3.02. The molecular weight excluding hydrogens is 328 g/mol. The number of nitrogens with one attached hydrogen (secondary N) is 1. The first-order chi connectivity index (χ1) is 12.4. The second kappa shape index (κ2) is 7.87. The normalized spacial score (nSPS) is 20.0. The molecule has 0 aliphatic carbocycles. The van der Waals surface area contributed by atoms with E-state index in [1.807, 2.05) is 43.3 Å². The molecule has 5 nitrogen and oxygen atoms in total. The van der Waals surface area contributed by atoms with E-state index in [9.17, 15) is 4.79 Å². The van der Waals surface area contributed by atoms with Gasteiger partial charge in [0.2, 0.25) is 0 Å². The first-order valence-corrected chi connectivity index (χ1v) is 8.97. The van der Waals surface area contributed by atoms with Crippen molar-refractivity contribution < 1.29 is 14.3 Å². The molecule has 5 heteroatoms. The van der Waals surface area contributed by atoms with Gasteiger partial charge in [0.15, 0.2) is 5.60 Å². The topological polar surface area (TPSA) is 60.5 Å². The molecule has 0 saturated carbocycles. The molecule has 1 amide bonds. The summed E-state index contributed by atoms with van der Waals surface area (Å²) in [6.45, 7) is 6.75. The van der Waals surface area contributed by atoms with E-state index >= 15 is 0 Å². The third-order valence-electron chi connectivity index (χ3n) is 4.67. The van der Waals surface area contributed by atoms with E-state index in [-0.39, 0.29) is 17.9 Å². The third-order valence-corrected chi connectivity index (χ3v) is 4.67. The highest BCUT2D eigenvalue weighted by atomic mass is 16.5. The number of aryl methyl sites for hydroxylation is 1. The van der Waals surface area contributed by atoms with Crippen LogP contribution in [0.25, 0.3) is 0 Å². The summed E-state index contributed by atoms with van der Waals surface area (Å²) < 4.78 is 11.6. The molecule has 26 heavy (non-hydrogen) atoms. The maximum Gasteiger partial charge on any atom is 0.263 e. The number of benzene rings is 1. The standard InChI is InChI=1S/C21H26N2O3/c1-15-5-4-6-18(11-15)26-21(2,3)20(24)23-19-14-25-13-17(19)12-16-7-9-22-10-8-16/h4-11,17,19H,12-14H2,1-3H3,(H,23,24)/t17-,19-/m1/s1. The van der Waals surface area contributed by atoms with E-state index in [0.29, 0.717) is 19.0 Å². The van der Waals surface area contributed by atoms with Crippen molar-refractivity contribution in [3.63, 3.8) is 0 Å². The SMILES string of the molecule is Cc1cccc(OC(C)(C)C(=O)N[C@@H]2COC[C@H]2Cc2ccncc2)c1. The zero-order valence-corrected chi connectivity index (χ0v) is 15.6. The van der Waals surface area contributed by atoms with Gasteiger partial charge in [0.25, 0.3) is 5.91 Å². The van der Waals surface area contributed by atoms with Crippen molar-refractivity contribution in [2.45, 2.75) is 38.8 Å². The van der Waals surface area contributed by atoms with Gasteiger partial charge in [-0.2, -0.15) is 0 Å². The molecule has 1 aliphatic heterocycles. The van der Waals surface area contributed by atoms with Crippen LogP contribution in [0, 0.1) is 12.8 Å². The number of ether oxygens (including phenoxy) is 2. The van der Waals surface area contributed by atoms with Crippen LogP contribution in [-0.2, 0) is 16.0 Å². The second-order valence-electron chi connectivity index (χ2n) is 7.37. The van der Waals surface area contributed by atoms with Crippen molar-refractivity contribution in [1.82, 2.24) is 10.3 Å². The number of rotatable bonds is 6. The first kappa shape index (κ1) is 18.4. The van der Waals surface area contributed by atoms with Crippen LogP contribution in [0.15, 0.2) is 48.8 Å². The lowest BCUT2D eigenvalue weighted by atomic mass is 9.94. The number of aromatic nitrogens is 1. The number of nitrogens with zero attached hydrogens (tertiary/aromatic N) is 1. The van der Waals surface area contributed by atoms with Gasteiger partial charge in [-0.05, 0) is 62.6 Å². The third kappa shape index (κ3) is 4.61. The smallest absolute Gasteiger partial charge is 0.263 e. The fourth-order valence-corrected chi connectivity index (χ4v) is 3.14. The summed E-state index contributed by atoms with van der Waals surface area (Å²) >= 11 is 0. The molecule has 0 radical (unpaired) electrons. The zero-order valence-electron chi connectivity index (χ0n) is 15.6. The van der Waals surface area contributed by atoms with E-state index in [1.165, 1.54) is 5.56 Å². The Morgan fingerprint density at radius 3 is 2.77 bits per heavy atom. The molecule has 1 aromatic heterocycles. The number of hydrogen-bond acceptors (Lipinski definition) is 4. The van der Waals surface area contributed by atoms with Gasteiger partial charge in [-0.3, -0.25) is 9.78 Å². The van der Waals surface area contributed by atoms with Crippen molar-refractivity contribution in [3.05, 3.63) is 59.9 Å². The lowest BCUT2D eigenvalue weighted by Crippen LogP contribution is -2.52. The average molecular weight is 354 g/mol. The summed E-state index contributed by atoms with van der Waals surface area (Å²) in [6.07, 6.45) is 4.43. The number of carbonyl (C=O) groups excluding carboxylic acids is 1. The van der Waals surface area contributed by atoms with Crippen LogP contribution in [0.3, 0.4) is 0 Å². The molecule has 2 heterocycles. The summed E-state index contributed by atoms with van der Waals surface area (Å²) in [6, 6.07) is 11.7. The molecule has 1 aliphatic rings. The molecule has 2 aromatic rings. The predicted molar refractivity (Wildman–Crippen MR) is 100 cm³/mol. The second-order valence-corrected chi connectivity index (χ2v) is 7.37. The van der Waals surface area contributed by atoms with E-state index < -0.39 is 5.60 Å². The van der Waals surface area contributed by atoms with Crippen molar-refractivity contribution in [2.24, 2.45) is 5.92 Å². The molecule has 3 rings (SSSR count). The summed E-state index contributed by atoms with van der Waals surface area (Å²) in [4.78, 5) is 16.9. The molecule has 2 atom stereocenters. The van der Waals surface area contributed by atoms with Crippen LogP contribution in [-0.4, -0.2) is 35.7 Å². The van der Waals surface area contributed by atoms with Crippen LogP contribution in [0.1, 0.15) is 25.0 Å². The molecule has 1 fully saturated rings. The maximum atomic E-state index is 12.8. The number of pyridine rings is 1. The van der Waals surface area contributed by atoms with Crippen LogP contribution >= 0.6 is 0 Å². The predicted octanol–water partition coefficient (Wildman–Crippen LogP) is 2.92. The van der Waals surface area contributed by atoms with Gasteiger partial charge >= 0.3 is 0 Å². The van der Waals surface area contributed by atoms with Gasteiger partial charge in [-0.25, -0.2) is 0 Å². The fraction of sp³-hybridized carbons (Fsp3) is 0.429. The molecule has 1 N–H and O–H groups in total. The number of carbonyl (C=O) groups is 1. The maximum absolute atomic E-state index is 12.8. The molecule has 0 bridgehead atoms. The Hall–Kier alpha value is -2.40. The summed E-state index contributed by atoms with van der Waals surface area (Å²) in [5.74, 6) is 0.812. The van der Waals surface area contributed by atoms with Gasteiger partial charge < -0.3 is 14.8 Å². The van der Waals surface area contributed by atoms with Crippen LogP contribution in [0.2, 0.25) is 0 Å². The summed E-state index contributed by atoms with van der Waals surface area (Å²) in [7, 11) is 0. The monoisotopic (exact) mass is 354 g/mol. The lowest BCUT2D eigenvalue weighted by Gasteiger charge is -2.28.